The third kappa shape index (κ3) is 0.974. The molecule has 0 aliphatic heterocycles. The van der Waals surface area contributed by atoms with E-state index < -0.39 is 0 Å². The monoisotopic (exact) mass is 203 g/mol. The van der Waals surface area contributed by atoms with Gasteiger partial charge in [0.05, 0.1) is 21.9 Å². The molecule has 0 fully saturated rings. The van der Waals surface area contributed by atoms with E-state index in [-0.39, 0.29) is 0 Å². The Balaban J connectivity index is 2.49. The smallest absolute Gasteiger partial charge is 0.110 e. The molecule has 3 aromatic rings. The van der Waals surface area contributed by atoms with Gasteiger partial charge in [-0.05, 0) is 11.4 Å². The Morgan fingerprint density at radius 1 is 1.50 bits per heavy atom. The summed E-state index contributed by atoms with van der Waals surface area (Å²) in [5, 5.41) is 2.05. The van der Waals surface area contributed by atoms with Gasteiger partial charge < -0.3 is 4.98 Å². The second-order valence-corrected chi connectivity index (χ2v) is 4.11. The lowest BCUT2D eigenvalue weighted by Gasteiger charge is -1.88. The number of nitrogens with zero attached hydrogens (tertiary/aromatic N) is 2. The molecule has 70 valence electrons. The standard InChI is InChI=1S/C10H9N3S/c1-2-8-12-7-5-11-6-3-4-14-10(6)9(7)13-8/h3-5H,2H2,1H3,(H,12,13). The molecule has 14 heavy (non-hydrogen) atoms. The fraction of sp³-hybridized carbons (Fsp3) is 0.200. The number of nitrogens with one attached hydrogen (secondary N) is 1. The average Bonchev–Trinajstić information content (AvgIpc) is 2.82. The Bertz CT molecular complexity index is 593. The van der Waals surface area contributed by atoms with Crippen LogP contribution in [0.15, 0.2) is 17.6 Å². The summed E-state index contributed by atoms with van der Waals surface area (Å²) in [4.78, 5) is 12.2. The zero-order valence-corrected chi connectivity index (χ0v) is 8.56. The van der Waals surface area contributed by atoms with E-state index in [9.17, 15) is 0 Å². The van der Waals surface area contributed by atoms with Crippen LogP contribution < -0.4 is 0 Å². The normalized spacial score (nSPS) is 11.5. The van der Waals surface area contributed by atoms with Gasteiger partial charge in [0, 0.05) is 6.42 Å². The summed E-state index contributed by atoms with van der Waals surface area (Å²) in [6.45, 7) is 2.09. The third-order valence-electron chi connectivity index (χ3n) is 2.31. The van der Waals surface area contributed by atoms with E-state index in [2.05, 4.69) is 27.3 Å². The van der Waals surface area contributed by atoms with Crippen LogP contribution in [-0.2, 0) is 6.42 Å². The topological polar surface area (TPSA) is 41.6 Å². The van der Waals surface area contributed by atoms with Crippen molar-refractivity contribution in [3.05, 3.63) is 23.5 Å². The molecule has 3 heterocycles. The molecule has 0 bridgehead atoms. The highest BCUT2D eigenvalue weighted by Crippen LogP contribution is 2.26. The van der Waals surface area contributed by atoms with Gasteiger partial charge in [0.2, 0.25) is 0 Å². The first-order valence-corrected chi connectivity index (χ1v) is 5.47. The summed E-state index contributed by atoms with van der Waals surface area (Å²) in [5.74, 6) is 1.03. The second kappa shape index (κ2) is 2.78. The number of hydrogen-bond acceptors (Lipinski definition) is 3. The summed E-state index contributed by atoms with van der Waals surface area (Å²) in [5.41, 5.74) is 3.13. The van der Waals surface area contributed by atoms with Crippen molar-refractivity contribution < 1.29 is 0 Å². The van der Waals surface area contributed by atoms with Crippen LogP contribution in [0.25, 0.3) is 21.3 Å². The quantitative estimate of drug-likeness (QED) is 0.660. The van der Waals surface area contributed by atoms with Gasteiger partial charge in [0.1, 0.15) is 11.3 Å². The number of thiophene rings is 1. The first-order valence-electron chi connectivity index (χ1n) is 4.59. The lowest BCUT2D eigenvalue weighted by Crippen LogP contribution is -1.79. The van der Waals surface area contributed by atoms with Crippen molar-refractivity contribution in [1.82, 2.24) is 15.0 Å². The molecule has 0 saturated heterocycles. The van der Waals surface area contributed by atoms with Gasteiger partial charge in [-0.2, -0.15) is 0 Å². The molecule has 3 aromatic heterocycles. The van der Waals surface area contributed by atoms with Gasteiger partial charge in [-0.25, -0.2) is 4.98 Å². The highest BCUT2D eigenvalue weighted by molar-refractivity contribution is 7.18. The van der Waals surface area contributed by atoms with Crippen molar-refractivity contribution in [1.29, 1.82) is 0 Å². The molecule has 0 atom stereocenters. The molecule has 0 unspecified atom stereocenters. The van der Waals surface area contributed by atoms with Crippen LogP contribution in [0.3, 0.4) is 0 Å². The molecular weight excluding hydrogens is 194 g/mol. The van der Waals surface area contributed by atoms with Crippen LogP contribution in [0.1, 0.15) is 12.7 Å². The van der Waals surface area contributed by atoms with Gasteiger partial charge in [0.15, 0.2) is 0 Å². The molecule has 1 N–H and O–H groups in total. The van der Waals surface area contributed by atoms with Crippen molar-refractivity contribution in [2.75, 3.05) is 0 Å². The van der Waals surface area contributed by atoms with Gasteiger partial charge in [0.25, 0.3) is 0 Å². The number of hydrogen-bond donors (Lipinski definition) is 1. The van der Waals surface area contributed by atoms with Crippen LogP contribution in [0.5, 0.6) is 0 Å². The molecule has 0 saturated carbocycles. The molecule has 3 nitrogen and oxygen atoms in total. The predicted octanol–water partition coefficient (Wildman–Crippen LogP) is 2.74. The van der Waals surface area contributed by atoms with E-state index in [0.717, 1.165) is 28.8 Å². The summed E-state index contributed by atoms with van der Waals surface area (Å²) < 4.78 is 1.18. The summed E-state index contributed by atoms with van der Waals surface area (Å²) in [6, 6.07) is 2.03. The van der Waals surface area contributed by atoms with Gasteiger partial charge in [-0.15, -0.1) is 11.3 Å². The van der Waals surface area contributed by atoms with Gasteiger partial charge >= 0.3 is 0 Å². The molecule has 4 heteroatoms. The van der Waals surface area contributed by atoms with E-state index in [0.29, 0.717) is 0 Å². The van der Waals surface area contributed by atoms with Crippen LogP contribution in [0.2, 0.25) is 0 Å². The Hall–Kier alpha value is -1.42. The van der Waals surface area contributed by atoms with Gasteiger partial charge in [-0.3, -0.25) is 4.98 Å². The average molecular weight is 203 g/mol. The molecule has 0 aromatic carbocycles. The lowest BCUT2D eigenvalue weighted by atomic mass is 10.3. The Labute approximate surface area is 84.8 Å². The maximum Gasteiger partial charge on any atom is 0.110 e. The minimum absolute atomic E-state index is 0.932. The summed E-state index contributed by atoms with van der Waals surface area (Å²) >= 11 is 1.70. The van der Waals surface area contributed by atoms with Crippen molar-refractivity contribution in [3.8, 4) is 0 Å². The summed E-state index contributed by atoms with van der Waals surface area (Å²) in [7, 11) is 0. The van der Waals surface area contributed by atoms with E-state index in [1.807, 2.05) is 12.3 Å². The SMILES string of the molecule is CCc1nc2c(cnc3ccsc32)[nH]1. The number of aryl methyl sites for hydroxylation is 1. The Kier molecular flexibility index (Phi) is 1.58. The van der Waals surface area contributed by atoms with Crippen molar-refractivity contribution in [3.63, 3.8) is 0 Å². The number of rotatable bonds is 1. The zero-order valence-electron chi connectivity index (χ0n) is 7.74. The number of H-pyrrole nitrogens is 1. The van der Waals surface area contributed by atoms with Crippen molar-refractivity contribution in [2.45, 2.75) is 13.3 Å². The zero-order chi connectivity index (χ0) is 9.54. The fourth-order valence-electron chi connectivity index (χ4n) is 1.59. The molecule has 0 aliphatic carbocycles. The highest BCUT2D eigenvalue weighted by atomic mass is 32.1. The molecule has 3 rings (SSSR count). The molecular formula is C10H9N3S. The van der Waals surface area contributed by atoms with Crippen molar-refractivity contribution in [2.24, 2.45) is 0 Å². The molecule has 0 spiro atoms. The van der Waals surface area contributed by atoms with E-state index >= 15 is 0 Å². The van der Waals surface area contributed by atoms with Crippen LogP contribution in [0, 0.1) is 0 Å². The lowest BCUT2D eigenvalue weighted by molar-refractivity contribution is 1.00. The first kappa shape index (κ1) is 7.94. The van der Waals surface area contributed by atoms with Crippen molar-refractivity contribution >= 4 is 32.6 Å². The predicted molar refractivity (Wildman–Crippen MR) is 58.6 cm³/mol. The van der Waals surface area contributed by atoms with Crippen LogP contribution >= 0.6 is 11.3 Å². The Morgan fingerprint density at radius 3 is 3.29 bits per heavy atom. The van der Waals surface area contributed by atoms with Crippen LogP contribution in [0.4, 0.5) is 0 Å². The number of aromatic nitrogens is 3. The largest absolute Gasteiger partial charge is 0.341 e. The minimum Gasteiger partial charge on any atom is -0.341 e. The highest BCUT2D eigenvalue weighted by Gasteiger charge is 2.07. The summed E-state index contributed by atoms with van der Waals surface area (Å²) in [6.07, 6.45) is 2.79. The van der Waals surface area contributed by atoms with Gasteiger partial charge in [-0.1, -0.05) is 6.92 Å². The second-order valence-electron chi connectivity index (χ2n) is 3.19. The number of fused-ring (bicyclic) bond motifs is 3. The maximum atomic E-state index is 4.55. The molecule has 0 amide bonds. The fourth-order valence-corrected chi connectivity index (χ4v) is 2.43. The first-order chi connectivity index (χ1) is 6.88. The minimum atomic E-state index is 0.932. The number of imidazole rings is 1. The number of pyridine rings is 1. The van der Waals surface area contributed by atoms with E-state index in [1.165, 1.54) is 4.70 Å². The van der Waals surface area contributed by atoms with E-state index in [1.54, 1.807) is 11.3 Å². The Morgan fingerprint density at radius 2 is 2.43 bits per heavy atom. The molecule has 0 radical (unpaired) electrons. The third-order valence-corrected chi connectivity index (χ3v) is 3.22. The molecule has 0 aliphatic rings. The number of aromatic amines is 1. The van der Waals surface area contributed by atoms with Crippen LogP contribution in [-0.4, -0.2) is 15.0 Å². The maximum absolute atomic E-state index is 4.55. The van der Waals surface area contributed by atoms with E-state index in [4.69, 9.17) is 0 Å².